The topological polar surface area (TPSA) is 26.3 Å². The van der Waals surface area contributed by atoms with Gasteiger partial charge in [-0.1, -0.05) is 45.1 Å². The fourth-order valence-electron chi connectivity index (χ4n) is 2.04. The molecule has 2 nitrogen and oxygen atoms in total. The van der Waals surface area contributed by atoms with Crippen molar-refractivity contribution < 1.29 is 9.53 Å². The molecule has 0 heterocycles. The van der Waals surface area contributed by atoms with Crippen molar-refractivity contribution in [2.24, 2.45) is 5.92 Å². The van der Waals surface area contributed by atoms with Crippen LogP contribution in [0.1, 0.15) is 44.9 Å². The molecule has 1 aliphatic carbocycles. The third-order valence-corrected chi connectivity index (χ3v) is 2.91. The Morgan fingerprint density at radius 2 is 1.93 bits per heavy atom. The first kappa shape index (κ1) is 11.3. The number of ether oxygens (including phenoxy) is 1. The highest BCUT2D eigenvalue weighted by Gasteiger charge is 2.12. The molecule has 0 aromatic carbocycles. The number of hydrogen-bond acceptors (Lipinski definition) is 2. The summed E-state index contributed by atoms with van der Waals surface area (Å²) in [5.74, 6) is 0.480. The molecule has 1 rings (SSSR count). The first-order chi connectivity index (χ1) is 6.83. The van der Waals surface area contributed by atoms with E-state index in [0.29, 0.717) is 6.61 Å². The molecule has 0 amide bonds. The minimum atomic E-state index is -0.293. The molecule has 1 fully saturated rings. The number of hydrogen-bond donors (Lipinski definition) is 0. The summed E-state index contributed by atoms with van der Waals surface area (Å²) in [6, 6.07) is 0. The summed E-state index contributed by atoms with van der Waals surface area (Å²) in [7, 11) is 0. The van der Waals surface area contributed by atoms with Crippen LogP contribution >= 0.6 is 0 Å². The molecule has 14 heavy (non-hydrogen) atoms. The summed E-state index contributed by atoms with van der Waals surface area (Å²) in [6.45, 7) is 3.93. The minimum absolute atomic E-state index is 0.293. The lowest BCUT2D eigenvalue weighted by Gasteiger charge is -2.12. The molecule has 0 radical (unpaired) electrons. The van der Waals surface area contributed by atoms with E-state index in [9.17, 15) is 4.79 Å². The van der Waals surface area contributed by atoms with Gasteiger partial charge in [0, 0.05) is 6.08 Å². The van der Waals surface area contributed by atoms with Crippen LogP contribution in [0.25, 0.3) is 0 Å². The van der Waals surface area contributed by atoms with Crippen molar-refractivity contribution in [3.63, 3.8) is 0 Å². The second kappa shape index (κ2) is 6.63. The predicted octanol–water partition coefficient (Wildman–Crippen LogP) is 3.08. The summed E-state index contributed by atoms with van der Waals surface area (Å²) < 4.78 is 4.98. The van der Waals surface area contributed by atoms with Crippen LogP contribution in [0.2, 0.25) is 0 Å². The third kappa shape index (κ3) is 4.45. The summed E-state index contributed by atoms with van der Waals surface area (Å²) in [4.78, 5) is 10.8. The normalized spacial score (nSPS) is 18.6. The van der Waals surface area contributed by atoms with Gasteiger partial charge < -0.3 is 4.74 Å². The molecular weight excluding hydrogens is 176 g/mol. The molecule has 2 heteroatoms. The van der Waals surface area contributed by atoms with Crippen molar-refractivity contribution in [2.45, 2.75) is 44.9 Å². The molecule has 0 aliphatic heterocycles. The van der Waals surface area contributed by atoms with Crippen LogP contribution in [0.3, 0.4) is 0 Å². The zero-order valence-corrected chi connectivity index (χ0v) is 8.84. The SMILES string of the molecule is C=CC(=O)OCCC1CCCCCC1. The maximum atomic E-state index is 10.8. The first-order valence-electron chi connectivity index (χ1n) is 5.62. The highest BCUT2D eigenvalue weighted by molar-refractivity contribution is 5.81. The van der Waals surface area contributed by atoms with E-state index in [1.165, 1.54) is 44.6 Å². The Morgan fingerprint density at radius 1 is 1.29 bits per heavy atom. The Hall–Kier alpha value is -0.790. The van der Waals surface area contributed by atoms with E-state index in [1.807, 2.05) is 0 Å². The van der Waals surface area contributed by atoms with Gasteiger partial charge in [0.1, 0.15) is 0 Å². The van der Waals surface area contributed by atoms with Crippen LogP contribution in [-0.2, 0) is 9.53 Å². The van der Waals surface area contributed by atoms with E-state index in [-0.39, 0.29) is 5.97 Å². The van der Waals surface area contributed by atoms with Gasteiger partial charge in [0.05, 0.1) is 6.61 Å². The lowest BCUT2D eigenvalue weighted by molar-refractivity contribution is -0.138. The molecule has 0 bridgehead atoms. The maximum absolute atomic E-state index is 10.8. The second-order valence-corrected chi connectivity index (χ2v) is 4.02. The molecule has 1 saturated carbocycles. The van der Waals surface area contributed by atoms with Gasteiger partial charge in [0.2, 0.25) is 0 Å². The Kier molecular flexibility index (Phi) is 5.35. The molecule has 0 aromatic rings. The number of esters is 1. The average Bonchev–Trinajstić information content (AvgIpc) is 2.46. The highest BCUT2D eigenvalue weighted by atomic mass is 16.5. The van der Waals surface area contributed by atoms with E-state index < -0.39 is 0 Å². The zero-order valence-electron chi connectivity index (χ0n) is 8.84. The van der Waals surface area contributed by atoms with Gasteiger partial charge >= 0.3 is 5.97 Å². The van der Waals surface area contributed by atoms with E-state index in [1.54, 1.807) is 0 Å². The summed E-state index contributed by atoms with van der Waals surface area (Å²) in [6.07, 6.45) is 10.3. The van der Waals surface area contributed by atoms with Crippen LogP contribution in [-0.4, -0.2) is 12.6 Å². The smallest absolute Gasteiger partial charge is 0.330 e. The van der Waals surface area contributed by atoms with Crippen molar-refractivity contribution in [1.82, 2.24) is 0 Å². The van der Waals surface area contributed by atoms with Gasteiger partial charge in [-0.25, -0.2) is 4.79 Å². The van der Waals surface area contributed by atoms with Gasteiger partial charge in [-0.2, -0.15) is 0 Å². The Bertz CT molecular complexity index is 179. The van der Waals surface area contributed by atoms with Crippen molar-refractivity contribution in [2.75, 3.05) is 6.61 Å². The van der Waals surface area contributed by atoms with Gasteiger partial charge in [-0.05, 0) is 12.3 Å². The Morgan fingerprint density at radius 3 is 2.50 bits per heavy atom. The highest BCUT2D eigenvalue weighted by Crippen LogP contribution is 2.25. The van der Waals surface area contributed by atoms with Crippen LogP contribution in [0, 0.1) is 5.92 Å². The molecule has 0 atom stereocenters. The number of rotatable bonds is 4. The van der Waals surface area contributed by atoms with Crippen LogP contribution < -0.4 is 0 Å². The Balaban J connectivity index is 2.10. The average molecular weight is 196 g/mol. The van der Waals surface area contributed by atoms with Crippen molar-refractivity contribution in [1.29, 1.82) is 0 Å². The van der Waals surface area contributed by atoms with Crippen LogP contribution in [0.15, 0.2) is 12.7 Å². The van der Waals surface area contributed by atoms with Crippen molar-refractivity contribution >= 4 is 5.97 Å². The quantitative estimate of drug-likeness (QED) is 0.392. The van der Waals surface area contributed by atoms with Crippen molar-refractivity contribution in [3.8, 4) is 0 Å². The van der Waals surface area contributed by atoms with E-state index in [0.717, 1.165) is 12.3 Å². The number of carbonyl (C=O) groups excluding carboxylic acids is 1. The molecule has 0 spiro atoms. The summed E-state index contributed by atoms with van der Waals surface area (Å²) in [5.41, 5.74) is 0. The molecular formula is C12H20O2. The molecule has 1 aliphatic rings. The first-order valence-corrected chi connectivity index (χ1v) is 5.62. The standard InChI is InChI=1S/C12H20O2/c1-2-12(13)14-10-9-11-7-5-3-4-6-8-11/h2,11H,1,3-10H2. The largest absolute Gasteiger partial charge is 0.463 e. The predicted molar refractivity (Wildman–Crippen MR) is 57.0 cm³/mol. The van der Waals surface area contributed by atoms with E-state index in [4.69, 9.17) is 4.74 Å². The van der Waals surface area contributed by atoms with Crippen LogP contribution in [0.4, 0.5) is 0 Å². The van der Waals surface area contributed by atoms with E-state index in [2.05, 4.69) is 6.58 Å². The maximum Gasteiger partial charge on any atom is 0.330 e. The van der Waals surface area contributed by atoms with Gasteiger partial charge in [-0.3, -0.25) is 0 Å². The summed E-state index contributed by atoms with van der Waals surface area (Å²) >= 11 is 0. The summed E-state index contributed by atoms with van der Waals surface area (Å²) in [5, 5.41) is 0. The van der Waals surface area contributed by atoms with Gasteiger partial charge in [0.15, 0.2) is 0 Å². The van der Waals surface area contributed by atoms with E-state index >= 15 is 0 Å². The molecule has 0 unspecified atom stereocenters. The molecule has 0 aromatic heterocycles. The fourth-order valence-corrected chi connectivity index (χ4v) is 2.04. The molecule has 0 N–H and O–H groups in total. The minimum Gasteiger partial charge on any atom is -0.463 e. The lowest BCUT2D eigenvalue weighted by Crippen LogP contribution is -2.07. The molecule has 80 valence electrons. The fraction of sp³-hybridized carbons (Fsp3) is 0.750. The van der Waals surface area contributed by atoms with Crippen molar-refractivity contribution in [3.05, 3.63) is 12.7 Å². The van der Waals surface area contributed by atoms with Gasteiger partial charge in [0.25, 0.3) is 0 Å². The zero-order chi connectivity index (χ0) is 10.2. The monoisotopic (exact) mass is 196 g/mol. The Labute approximate surface area is 86.3 Å². The third-order valence-electron chi connectivity index (χ3n) is 2.91. The number of carbonyl (C=O) groups is 1. The van der Waals surface area contributed by atoms with Gasteiger partial charge in [-0.15, -0.1) is 0 Å². The lowest BCUT2D eigenvalue weighted by atomic mass is 9.97. The van der Waals surface area contributed by atoms with Crippen LogP contribution in [0.5, 0.6) is 0 Å². The molecule has 0 saturated heterocycles. The second-order valence-electron chi connectivity index (χ2n) is 4.02.